The number of aryl methyl sites for hydroxylation is 1. The quantitative estimate of drug-likeness (QED) is 0.633. The molecule has 0 atom stereocenters. The van der Waals surface area contributed by atoms with Gasteiger partial charge >= 0.3 is 0 Å². The molecule has 0 aliphatic rings. The van der Waals surface area contributed by atoms with Crippen molar-refractivity contribution in [2.75, 3.05) is 26.3 Å². The third kappa shape index (κ3) is 3.94. The summed E-state index contributed by atoms with van der Waals surface area (Å²) in [5, 5.41) is 21.4. The maximum atomic E-state index is 8.80. The standard InChI is InChI=1S/C9H17N3O3/c1-2-8-10-9(15-11-8)7-12(3-5-13)4-6-14/h13-14H,2-7H2,1H3. The summed E-state index contributed by atoms with van der Waals surface area (Å²) in [7, 11) is 0. The lowest BCUT2D eigenvalue weighted by Gasteiger charge is -2.17. The summed E-state index contributed by atoms with van der Waals surface area (Å²) in [4.78, 5) is 6.00. The lowest BCUT2D eigenvalue weighted by Crippen LogP contribution is -2.29. The van der Waals surface area contributed by atoms with Crippen molar-refractivity contribution >= 4 is 0 Å². The minimum absolute atomic E-state index is 0.0504. The fourth-order valence-electron chi connectivity index (χ4n) is 1.24. The average Bonchev–Trinajstić information content (AvgIpc) is 2.66. The molecule has 1 aromatic heterocycles. The summed E-state index contributed by atoms with van der Waals surface area (Å²) in [6, 6.07) is 0. The van der Waals surface area contributed by atoms with Gasteiger partial charge in [0, 0.05) is 19.5 Å². The van der Waals surface area contributed by atoms with Crippen molar-refractivity contribution in [3.63, 3.8) is 0 Å². The molecular formula is C9H17N3O3. The Morgan fingerprint density at radius 1 is 1.27 bits per heavy atom. The van der Waals surface area contributed by atoms with Gasteiger partial charge in [-0.15, -0.1) is 0 Å². The van der Waals surface area contributed by atoms with Crippen LogP contribution in [0.25, 0.3) is 0 Å². The van der Waals surface area contributed by atoms with Gasteiger partial charge in [0.25, 0.3) is 0 Å². The van der Waals surface area contributed by atoms with E-state index in [1.165, 1.54) is 0 Å². The maximum absolute atomic E-state index is 8.80. The number of aliphatic hydroxyl groups is 2. The van der Waals surface area contributed by atoms with E-state index in [9.17, 15) is 0 Å². The highest BCUT2D eigenvalue weighted by atomic mass is 16.5. The largest absolute Gasteiger partial charge is 0.395 e. The molecule has 1 heterocycles. The molecule has 0 saturated carbocycles. The van der Waals surface area contributed by atoms with E-state index in [-0.39, 0.29) is 13.2 Å². The van der Waals surface area contributed by atoms with E-state index >= 15 is 0 Å². The molecule has 15 heavy (non-hydrogen) atoms. The number of rotatable bonds is 7. The Labute approximate surface area is 88.5 Å². The molecule has 1 aromatic rings. The SMILES string of the molecule is CCc1noc(CN(CCO)CCO)n1. The second kappa shape index (κ2) is 6.49. The summed E-state index contributed by atoms with van der Waals surface area (Å²) in [5.74, 6) is 1.20. The number of nitrogens with zero attached hydrogens (tertiary/aromatic N) is 3. The minimum atomic E-state index is 0.0504. The molecule has 0 spiro atoms. The third-order valence-electron chi connectivity index (χ3n) is 2.02. The highest BCUT2D eigenvalue weighted by Gasteiger charge is 2.10. The van der Waals surface area contributed by atoms with Crippen molar-refractivity contribution in [3.05, 3.63) is 11.7 Å². The van der Waals surface area contributed by atoms with Gasteiger partial charge in [-0.2, -0.15) is 4.98 Å². The van der Waals surface area contributed by atoms with Gasteiger partial charge in [0.15, 0.2) is 5.82 Å². The Morgan fingerprint density at radius 3 is 2.40 bits per heavy atom. The number of aromatic nitrogens is 2. The van der Waals surface area contributed by atoms with Crippen molar-refractivity contribution in [2.45, 2.75) is 19.9 Å². The molecule has 0 aromatic carbocycles. The van der Waals surface area contributed by atoms with Gasteiger partial charge in [0.2, 0.25) is 5.89 Å². The number of hydrogen-bond acceptors (Lipinski definition) is 6. The number of hydrogen-bond donors (Lipinski definition) is 2. The Hall–Kier alpha value is -0.980. The third-order valence-corrected chi connectivity index (χ3v) is 2.02. The van der Waals surface area contributed by atoms with Gasteiger partial charge in [0.05, 0.1) is 19.8 Å². The zero-order chi connectivity index (χ0) is 11.1. The maximum Gasteiger partial charge on any atom is 0.240 e. The molecule has 0 bridgehead atoms. The molecule has 0 saturated heterocycles. The first-order valence-corrected chi connectivity index (χ1v) is 5.05. The van der Waals surface area contributed by atoms with Crippen LogP contribution in [0.15, 0.2) is 4.52 Å². The van der Waals surface area contributed by atoms with Crippen molar-refractivity contribution in [1.82, 2.24) is 15.0 Å². The van der Waals surface area contributed by atoms with Gasteiger partial charge in [-0.1, -0.05) is 12.1 Å². The molecule has 0 fully saturated rings. The fourth-order valence-corrected chi connectivity index (χ4v) is 1.24. The topological polar surface area (TPSA) is 82.6 Å². The summed E-state index contributed by atoms with van der Waals surface area (Å²) in [6.45, 7) is 3.50. The van der Waals surface area contributed by atoms with Crippen LogP contribution in [-0.2, 0) is 13.0 Å². The van der Waals surface area contributed by atoms with E-state index in [1.54, 1.807) is 0 Å². The van der Waals surface area contributed by atoms with Crippen molar-refractivity contribution in [1.29, 1.82) is 0 Å². The van der Waals surface area contributed by atoms with Gasteiger partial charge in [-0.3, -0.25) is 4.90 Å². The molecule has 0 unspecified atom stereocenters. The highest BCUT2D eigenvalue weighted by Crippen LogP contribution is 2.02. The molecule has 6 nitrogen and oxygen atoms in total. The van der Waals surface area contributed by atoms with Crippen LogP contribution in [0, 0.1) is 0 Å². The first kappa shape index (κ1) is 12.1. The Kier molecular flexibility index (Phi) is 5.23. The lowest BCUT2D eigenvalue weighted by atomic mass is 10.4. The molecule has 86 valence electrons. The fraction of sp³-hybridized carbons (Fsp3) is 0.778. The zero-order valence-electron chi connectivity index (χ0n) is 8.89. The Morgan fingerprint density at radius 2 is 1.93 bits per heavy atom. The number of aliphatic hydroxyl groups excluding tert-OH is 2. The van der Waals surface area contributed by atoms with E-state index in [1.807, 2.05) is 11.8 Å². The van der Waals surface area contributed by atoms with Crippen LogP contribution in [0.5, 0.6) is 0 Å². The second-order valence-corrected chi connectivity index (χ2v) is 3.18. The van der Waals surface area contributed by atoms with Crippen LogP contribution >= 0.6 is 0 Å². The molecule has 2 N–H and O–H groups in total. The molecular weight excluding hydrogens is 198 g/mol. The first-order chi connectivity index (χ1) is 7.30. The van der Waals surface area contributed by atoms with Gasteiger partial charge < -0.3 is 14.7 Å². The van der Waals surface area contributed by atoms with Gasteiger partial charge in [-0.25, -0.2) is 0 Å². The molecule has 0 aliphatic carbocycles. The van der Waals surface area contributed by atoms with Crippen LogP contribution in [0.3, 0.4) is 0 Å². The average molecular weight is 215 g/mol. The van der Waals surface area contributed by atoms with Crippen molar-refractivity contribution in [2.24, 2.45) is 0 Å². The molecule has 0 radical (unpaired) electrons. The monoisotopic (exact) mass is 215 g/mol. The molecule has 6 heteroatoms. The smallest absolute Gasteiger partial charge is 0.240 e. The Bertz CT molecular complexity index is 271. The van der Waals surface area contributed by atoms with E-state index in [4.69, 9.17) is 14.7 Å². The molecule has 0 aliphatic heterocycles. The minimum Gasteiger partial charge on any atom is -0.395 e. The van der Waals surface area contributed by atoms with Crippen LogP contribution in [-0.4, -0.2) is 51.6 Å². The predicted octanol–water partition coefficient (Wildman–Crippen LogP) is -0.581. The predicted molar refractivity (Wildman–Crippen MR) is 53.1 cm³/mol. The van der Waals surface area contributed by atoms with Gasteiger partial charge in [0.1, 0.15) is 0 Å². The molecule has 1 rings (SSSR count). The summed E-state index contributed by atoms with van der Waals surface area (Å²) >= 11 is 0. The summed E-state index contributed by atoms with van der Waals surface area (Å²) in [6.07, 6.45) is 0.740. The zero-order valence-corrected chi connectivity index (χ0v) is 8.89. The van der Waals surface area contributed by atoms with Crippen LogP contribution in [0.4, 0.5) is 0 Å². The van der Waals surface area contributed by atoms with E-state index < -0.39 is 0 Å². The van der Waals surface area contributed by atoms with Gasteiger partial charge in [-0.05, 0) is 0 Å². The van der Waals surface area contributed by atoms with Crippen LogP contribution in [0.1, 0.15) is 18.6 Å². The van der Waals surface area contributed by atoms with E-state index in [0.717, 1.165) is 6.42 Å². The van der Waals surface area contributed by atoms with Crippen LogP contribution in [0.2, 0.25) is 0 Å². The van der Waals surface area contributed by atoms with Crippen molar-refractivity contribution in [3.8, 4) is 0 Å². The summed E-state index contributed by atoms with van der Waals surface area (Å²) in [5.41, 5.74) is 0. The molecule has 0 amide bonds. The van der Waals surface area contributed by atoms with E-state index in [0.29, 0.717) is 31.3 Å². The highest BCUT2D eigenvalue weighted by molar-refractivity contribution is 4.85. The Balaban J connectivity index is 2.48. The summed E-state index contributed by atoms with van der Waals surface area (Å²) < 4.78 is 5.01. The first-order valence-electron chi connectivity index (χ1n) is 5.05. The lowest BCUT2D eigenvalue weighted by molar-refractivity contribution is 0.143. The normalized spacial score (nSPS) is 11.2. The van der Waals surface area contributed by atoms with Crippen LogP contribution < -0.4 is 0 Å². The second-order valence-electron chi connectivity index (χ2n) is 3.18. The van der Waals surface area contributed by atoms with E-state index in [2.05, 4.69) is 10.1 Å². The van der Waals surface area contributed by atoms with Crippen molar-refractivity contribution < 1.29 is 14.7 Å².